The molecule has 0 aliphatic carbocycles. The summed E-state index contributed by atoms with van der Waals surface area (Å²) < 4.78 is 0. The third-order valence-electron chi connectivity index (χ3n) is 1.99. The summed E-state index contributed by atoms with van der Waals surface area (Å²) in [5.41, 5.74) is 0.0567. The molecule has 2 heterocycles. The molecule has 2 aliphatic heterocycles. The number of nitrogens with zero attached hydrogens (tertiary/aromatic N) is 1. The van der Waals surface area contributed by atoms with Crippen molar-refractivity contribution in [1.29, 1.82) is 0 Å². The van der Waals surface area contributed by atoms with Gasteiger partial charge in [-0.3, -0.25) is 9.69 Å². The van der Waals surface area contributed by atoms with Gasteiger partial charge in [-0.25, -0.2) is 0 Å². The van der Waals surface area contributed by atoms with E-state index < -0.39 is 5.97 Å². The van der Waals surface area contributed by atoms with E-state index in [0.717, 1.165) is 0 Å². The Balaban J connectivity index is 0.000000845. The SMILES string of the molecule is CC1=C(C(=O)[O-])N2C(=O)C[C@H]2S1.[K+]. The number of carbonyl (C=O) groups is 2. The number of β-lactam (4-membered cyclic amide) rings is 1. The molecule has 0 aromatic carbocycles. The van der Waals surface area contributed by atoms with Gasteiger partial charge in [0, 0.05) is 4.91 Å². The van der Waals surface area contributed by atoms with Gasteiger partial charge < -0.3 is 9.90 Å². The first-order valence-electron chi connectivity index (χ1n) is 3.52. The number of carboxylic acid groups (broad SMARTS) is 1. The van der Waals surface area contributed by atoms with Crippen molar-refractivity contribution >= 4 is 23.6 Å². The third-order valence-corrected chi connectivity index (χ3v) is 3.18. The van der Waals surface area contributed by atoms with Gasteiger partial charge in [0.15, 0.2) is 0 Å². The zero-order valence-electron chi connectivity index (χ0n) is 7.36. The number of hydrogen-bond acceptors (Lipinski definition) is 4. The molecule has 4 nitrogen and oxygen atoms in total. The van der Waals surface area contributed by atoms with E-state index >= 15 is 0 Å². The van der Waals surface area contributed by atoms with E-state index in [-0.39, 0.29) is 68.4 Å². The van der Waals surface area contributed by atoms with E-state index in [9.17, 15) is 14.7 Å². The van der Waals surface area contributed by atoms with Crippen LogP contribution in [0.2, 0.25) is 0 Å². The summed E-state index contributed by atoms with van der Waals surface area (Å²) in [6, 6.07) is 0. The quantitative estimate of drug-likeness (QED) is 0.339. The van der Waals surface area contributed by atoms with Crippen molar-refractivity contribution in [2.45, 2.75) is 18.7 Å². The molecule has 0 radical (unpaired) electrons. The fraction of sp³-hybridized carbons (Fsp3) is 0.429. The second kappa shape index (κ2) is 4.04. The molecule has 0 saturated carbocycles. The van der Waals surface area contributed by atoms with Crippen molar-refractivity contribution in [1.82, 2.24) is 4.90 Å². The van der Waals surface area contributed by atoms with Crippen LogP contribution < -0.4 is 56.5 Å². The van der Waals surface area contributed by atoms with Crippen LogP contribution in [0.15, 0.2) is 10.6 Å². The number of carboxylic acids is 1. The van der Waals surface area contributed by atoms with Gasteiger partial charge in [0.05, 0.1) is 23.5 Å². The van der Waals surface area contributed by atoms with Crippen molar-refractivity contribution in [3.63, 3.8) is 0 Å². The molecule has 0 aromatic heterocycles. The molecule has 2 aliphatic rings. The number of aliphatic carboxylic acids is 1. The van der Waals surface area contributed by atoms with E-state index in [2.05, 4.69) is 0 Å². The molecular formula is C7H6KNO3S. The number of carbonyl (C=O) groups excluding carboxylic acids is 2. The summed E-state index contributed by atoms with van der Waals surface area (Å²) in [6.45, 7) is 1.70. The predicted molar refractivity (Wildman–Crippen MR) is 40.5 cm³/mol. The monoisotopic (exact) mass is 223 g/mol. The Bertz CT molecular complexity index is 315. The van der Waals surface area contributed by atoms with E-state index in [4.69, 9.17) is 0 Å². The average molecular weight is 223 g/mol. The minimum Gasteiger partial charge on any atom is -0.543 e. The van der Waals surface area contributed by atoms with E-state index in [1.807, 2.05) is 0 Å². The zero-order chi connectivity index (χ0) is 8.88. The van der Waals surface area contributed by atoms with Crippen LogP contribution in [0.4, 0.5) is 0 Å². The molecule has 1 fully saturated rings. The Morgan fingerprint density at radius 3 is 2.69 bits per heavy atom. The Morgan fingerprint density at radius 2 is 2.31 bits per heavy atom. The van der Waals surface area contributed by atoms with Crippen LogP contribution >= 0.6 is 11.8 Å². The van der Waals surface area contributed by atoms with Crippen molar-refractivity contribution in [3.8, 4) is 0 Å². The predicted octanol–water partition coefficient (Wildman–Crippen LogP) is -3.72. The maximum Gasteiger partial charge on any atom is 1.00 e. The smallest absolute Gasteiger partial charge is 0.543 e. The molecule has 1 saturated heterocycles. The van der Waals surface area contributed by atoms with Crippen LogP contribution in [0, 0.1) is 0 Å². The molecular weight excluding hydrogens is 217 g/mol. The van der Waals surface area contributed by atoms with E-state index in [1.165, 1.54) is 16.7 Å². The van der Waals surface area contributed by atoms with Crippen LogP contribution in [0.25, 0.3) is 0 Å². The Morgan fingerprint density at radius 1 is 1.69 bits per heavy atom. The van der Waals surface area contributed by atoms with Gasteiger partial charge >= 0.3 is 51.4 Å². The minimum absolute atomic E-state index is 0. The summed E-state index contributed by atoms with van der Waals surface area (Å²) in [5.74, 6) is -1.38. The zero-order valence-corrected chi connectivity index (χ0v) is 11.3. The standard InChI is InChI=1S/C7H7NO3S.K/c1-3-6(7(10)11)8-4(9)2-5(8)12-3;/h5H,2H2,1H3,(H,10,11);/q;+1/p-1/t5-;/m1./s1. The van der Waals surface area contributed by atoms with Gasteiger partial charge in [-0.1, -0.05) is 0 Å². The van der Waals surface area contributed by atoms with Crippen LogP contribution in [-0.2, 0) is 9.59 Å². The summed E-state index contributed by atoms with van der Waals surface area (Å²) in [7, 11) is 0. The Hall–Kier alpha value is 0.666. The largest absolute Gasteiger partial charge is 1.00 e. The molecule has 0 bridgehead atoms. The van der Waals surface area contributed by atoms with Gasteiger partial charge in [-0.15, -0.1) is 11.8 Å². The fourth-order valence-corrected chi connectivity index (χ4v) is 2.68. The molecule has 13 heavy (non-hydrogen) atoms. The Labute approximate surface area is 122 Å². The van der Waals surface area contributed by atoms with Gasteiger partial charge in [-0.05, 0) is 6.92 Å². The van der Waals surface area contributed by atoms with Gasteiger partial charge in [0.1, 0.15) is 0 Å². The van der Waals surface area contributed by atoms with E-state index in [1.54, 1.807) is 6.92 Å². The first-order chi connectivity index (χ1) is 5.61. The number of rotatable bonds is 1. The molecule has 0 aromatic rings. The number of hydrogen-bond donors (Lipinski definition) is 0. The Kier molecular flexibility index (Phi) is 3.65. The molecule has 1 atom stereocenters. The van der Waals surface area contributed by atoms with Crippen LogP contribution in [0.3, 0.4) is 0 Å². The van der Waals surface area contributed by atoms with Crippen LogP contribution in [0.1, 0.15) is 13.3 Å². The number of allylic oxidation sites excluding steroid dienone is 1. The normalized spacial score (nSPS) is 25.2. The topological polar surface area (TPSA) is 60.4 Å². The summed E-state index contributed by atoms with van der Waals surface area (Å²) in [6.07, 6.45) is 0.443. The van der Waals surface area contributed by atoms with Crippen molar-refractivity contribution < 1.29 is 66.1 Å². The number of thioether (sulfide) groups is 1. The van der Waals surface area contributed by atoms with E-state index in [0.29, 0.717) is 11.3 Å². The molecule has 2 rings (SSSR count). The van der Waals surface area contributed by atoms with Crippen molar-refractivity contribution in [2.24, 2.45) is 0 Å². The van der Waals surface area contributed by atoms with Crippen molar-refractivity contribution in [2.75, 3.05) is 0 Å². The van der Waals surface area contributed by atoms with Gasteiger partial charge in [-0.2, -0.15) is 0 Å². The second-order valence-electron chi connectivity index (χ2n) is 2.73. The minimum atomic E-state index is -1.25. The summed E-state index contributed by atoms with van der Waals surface area (Å²) >= 11 is 1.42. The molecule has 0 unspecified atom stereocenters. The first-order valence-corrected chi connectivity index (χ1v) is 4.40. The molecule has 0 spiro atoms. The number of amides is 1. The fourth-order valence-electron chi connectivity index (χ4n) is 1.42. The molecule has 1 amide bonds. The van der Waals surface area contributed by atoms with Gasteiger partial charge in [0.25, 0.3) is 0 Å². The molecule has 0 N–H and O–H groups in total. The van der Waals surface area contributed by atoms with Crippen LogP contribution in [-0.4, -0.2) is 22.2 Å². The maximum absolute atomic E-state index is 11.0. The number of fused-ring (bicyclic) bond motifs is 1. The average Bonchev–Trinajstić information content (AvgIpc) is 2.22. The van der Waals surface area contributed by atoms with Gasteiger partial charge in [0.2, 0.25) is 5.91 Å². The summed E-state index contributed by atoms with van der Waals surface area (Å²) in [4.78, 5) is 23.5. The summed E-state index contributed by atoms with van der Waals surface area (Å²) in [5, 5.41) is 10.6. The maximum atomic E-state index is 11.0. The molecule has 6 heteroatoms. The third kappa shape index (κ3) is 1.75. The first kappa shape index (κ1) is 11.7. The van der Waals surface area contributed by atoms with Crippen LogP contribution in [0.5, 0.6) is 0 Å². The van der Waals surface area contributed by atoms with Crippen molar-refractivity contribution in [3.05, 3.63) is 10.6 Å². The second-order valence-corrected chi connectivity index (χ2v) is 4.12. The molecule has 64 valence electrons.